The van der Waals surface area contributed by atoms with Crippen molar-refractivity contribution in [3.63, 3.8) is 0 Å². The highest BCUT2D eigenvalue weighted by atomic mass is 16.7. The Morgan fingerprint density at radius 2 is 2.03 bits per heavy atom. The fraction of sp³-hybridized carbons (Fsp3) is 0.652. The molecule has 1 heterocycles. The molecule has 3 atom stereocenters. The topological polar surface area (TPSA) is 65.1 Å². The van der Waals surface area contributed by atoms with Crippen molar-refractivity contribution in [2.24, 2.45) is 17.3 Å². The lowest BCUT2D eigenvalue weighted by atomic mass is 9.57. The average molecular weight is 399 g/mol. The number of carbonyl (C=O) groups excluding carboxylic acids is 2. The minimum Gasteiger partial charge on any atom is -0.341 e. The Morgan fingerprint density at radius 1 is 1.28 bits per heavy atom. The number of hydrogen-bond donors (Lipinski definition) is 0. The zero-order chi connectivity index (χ0) is 20.4. The minimum absolute atomic E-state index is 0.0459. The summed E-state index contributed by atoms with van der Waals surface area (Å²) in [5, 5.41) is 1.32. The summed E-state index contributed by atoms with van der Waals surface area (Å²) in [4.78, 5) is 30.9. The molecule has 0 saturated carbocycles. The van der Waals surface area contributed by atoms with Gasteiger partial charge >= 0.3 is 0 Å². The third kappa shape index (κ3) is 2.65. The molecule has 5 rings (SSSR count). The molecule has 0 aromatic rings. The number of fused-ring (bicyclic) bond motifs is 4. The van der Waals surface area contributed by atoms with E-state index in [1.807, 2.05) is 0 Å². The van der Waals surface area contributed by atoms with Crippen molar-refractivity contribution in [2.75, 3.05) is 27.4 Å². The third-order valence-electron chi connectivity index (χ3n) is 7.93. The second kappa shape index (κ2) is 6.62. The number of allylic oxidation sites excluding steroid dienone is 4. The lowest BCUT2D eigenvalue weighted by molar-refractivity contribution is -0.181. The summed E-state index contributed by atoms with van der Waals surface area (Å²) in [6.45, 7) is 3.22. The zero-order valence-electron chi connectivity index (χ0n) is 17.5. The molecule has 1 fully saturated rings. The van der Waals surface area contributed by atoms with Crippen LogP contribution in [-0.4, -0.2) is 49.9 Å². The van der Waals surface area contributed by atoms with Gasteiger partial charge in [-0.3, -0.25) is 14.4 Å². The molecule has 1 spiro atoms. The summed E-state index contributed by atoms with van der Waals surface area (Å²) in [6, 6.07) is 0. The Bertz CT molecular complexity index is 862. The average Bonchev–Trinajstić information content (AvgIpc) is 3.32. The number of carbonyl (C=O) groups is 2. The van der Waals surface area contributed by atoms with Crippen LogP contribution in [0, 0.1) is 17.3 Å². The predicted octanol–water partition coefficient (Wildman–Crippen LogP) is 3.10. The summed E-state index contributed by atoms with van der Waals surface area (Å²) < 4.78 is 11.5. The molecular formula is C23H29NO5. The maximum Gasteiger partial charge on any atom is 0.273 e. The van der Waals surface area contributed by atoms with Crippen LogP contribution in [0.5, 0.6) is 0 Å². The molecule has 6 heteroatoms. The van der Waals surface area contributed by atoms with Gasteiger partial charge < -0.3 is 9.47 Å². The number of nitrogens with zero attached hydrogens (tertiary/aromatic N) is 1. The zero-order valence-corrected chi connectivity index (χ0v) is 17.5. The van der Waals surface area contributed by atoms with E-state index < -0.39 is 5.79 Å². The molecule has 1 saturated heterocycles. The molecule has 6 nitrogen and oxygen atoms in total. The second-order valence-corrected chi connectivity index (χ2v) is 9.18. The number of amides is 1. The highest BCUT2D eigenvalue weighted by Gasteiger charge is 2.54. The van der Waals surface area contributed by atoms with Crippen LogP contribution in [0.4, 0.5) is 0 Å². The second-order valence-electron chi connectivity index (χ2n) is 9.18. The van der Waals surface area contributed by atoms with Crippen molar-refractivity contribution in [1.82, 2.24) is 5.06 Å². The lowest BCUT2D eigenvalue weighted by Crippen LogP contribution is -2.46. The molecule has 1 amide bonds. The maximum absolute atomic E-state index is 12.9. The maximum atomic E-state index is 12.9. The van der Waals surface area contributed by atoms with E-state index in [1.54, 1.807) is 7.05 Å². The first-order chi connectivity index (χ1) is 13.9. The van der Waals surface area contributed by atoms with Gasteiger partial charge in [0.05, 0.1) is 20.3 Å². The van der Waals surface area contributed by atoms with Gasteiger partial charge in [-0.2, -0.15) is 0 Å². The van der Waals surface area contributed by atoms with E-state index in [-0.39, 0.29) is 17.1 Å². The van der Waals surface area contributed by atoms with Gasteiger partial charge in [0.15, 0.2) is 5.78 Å². The van der Waals surface area contributed by atoms with Gasteiger partial charge in [0.1, 0.15) is 0 Å². The normalized spacial score (nSPS) is 35.1. The van der Waals surface area contributed by atoms with E-state index in [1.165, 1.54) is 28.9 Å². The van der Waals surface area contributed by atoms with E-state index in [0.717, 1.165) is 31.3 Å². The molecule has 0 aromatic carbocycles. The molecule has 1 aliphatic heterocycles. The predicted molar refractivity (Wildman–Crippen MR) is 105 cm³/mol. The fourth-order valence-electron chi connectivity index (χ4n) is 6.28. The minimum atomic E-state index is -1.02. The summed E-state index contributed by atoms with van der Waals surface area (Å²) >= 11 is 0. The molecule has 0 unspecified atom stereocenters. The number of ketones is 1. The highest BCUT2D eigenvalue weighted by molar-refractivity contribution is 5.95. The number of Topliss-reactive ketones (excluding diaryl/α,β-unsaturated/α-hetero) is 1. The summed E-state index contributed by atoms with van der Waals surface area (Å²) in [5.41, 5.74) is 4.60. The quantitative estimate of drug-likeness (QED) is 0.668. The number of ether oxygens (including phenoxy) is 2. The number of likely N-dealkylation sites (N-methyl/N-ethyl adjacent to an activating group) is 1. The van der Waals surface area contributed by atoms with Crippen molar-refractivity contribution in [1.29, 1.82) is 0 Å². The van der Waals surface area contributed by atoms with E-state index >= 15 is 0 Å². The van der Waals surface area contributed by atoms with E-state index in [4.69, 9.17) is 14.3 Å². The van der Waals surface area contributed by atoms with Crippen LogP contribution in [0.1, 0.15) is 45.4 Å². The molecule has 0 bridgehead atoms. The van der Waals surface area contributed by atoms with Crippen molar-refractivity contribution in [3.05, 3.63) is 34.4 Å². The van der Waals surface area contributed by atoms with Gasteiger partial charge in [-0.1, -0.05) is 24.6 Å². The smallest absolute Gasteiger partial charge is 0.273 e. The van der Waals surface area contributed by atoms with Gasteiger partial charge in [0.2, 0.25) is 5.79 Å². The molecular weight excluding hydrogens is 370 g/mol. The number of hydrogen-bond acceptors (Lipinski definition) is 5. The van der Waals surface area contributed by atoms with Gasteiger partial charge in [-0.25, -0.2) is 5.06 Å². The van der Waals surface area contributed by atoms with Crippen LogP contribution in [0.2, 0.25) is 0 Å². The molecule has 29 heavy (non-hydrogen) atoms. The standard InChI is InChI=1S/C23H29NO5/c1-22-9-8-15-16(18(22)6-7-19(22)21(26)24(2)27-3)5-4-14-13-23(28-10-11-29-23)20(25)12-17(14)15/h7-8,16,18H,4-6,9-13H2,1-3H3/t16-,18+,22+/m1/s1. The number of rotatable bonds is 2. The Hall–Kier alpha value is -1.76. The fourth-order valence-corrected chi connectivity index (χ4v) is 6.28. The third-order valence-corrected chi connectivity index (χ3v) is 7.93. The monoisotopic (exact) mass is 399 g/mol. The highest BCUT2D eigenvalue weighted by Crippen LogP contribution is 2.59. The Morgan fingerprint density at radius 3 is 2.76 bits per heavy atom. The van der Waals surface area contributed by atoms with Crippen LogP contribution in [0.3, 0.4) is 0 Å². The molecule has 0 radical (unpaired) electrons. The van der Waals surface area contributed by atoms with Crippen LogP contribution in [0.25, 0.3) is 0 Å². The summed E-state index contributed by atoms with van der Waals surface area (Å²) in [7, 11) is 3.18. The van der Waals surface area contributed by atoms with E-state index in [0.29, 0.717) is 37.9 Å². The SMILES string of the molecule is CON(C)C(=O)C1=CC[C@H]2[C@@H]3CCC4=C(CC(=O)C5(C4)OCCO5)C3=CC[C@]12C. The van der Waals surface area contributed by atoms with Gasteiger partial charge in [-0.15, -0.1) is 0 Å². The van der Waals surface area contributed by atoms with Crippen LogP contribution in [-0.2, 0) is 23.9 Å². The van der Waals surface area contributed by atoms with Crippen molar-refractivity contribution in [3.8, 4) is 0 Å². The van der Waals surface area contributed by atoms with Crippen molar-refractivity contribution in [2.45, 2.75) is 51.2 Å². The van der Waals surface area contributed by atoms with Crippen LogP contribution >= 0.6 is 0 Å². The Kier molecular flexibility index (Phi) is 4.39. The van der Waals surface area contributed by atoms with Gasteiger partial charge in [-0.05, 0) is 48.7 Å². The lowest BCUT2D eigenvalue weighted by Gasteiger charge is -2.48. The summed E-state index contributed by atoms with van der Waals surface area (Å²) in [6.07, 6.45) is 9.17. The van der Waals surface area contributed by atoms with Gasteiger partial charge in [0, 0.05) is 30.9 Å². The number of hydroxylamine groups is 2. The molecule has 4 aliphatic carbocycles. The molecule has 0 N–H and O–H groups in total. The first-order valence-corrected chi connectivity index (χ1v) is 10.6. The first-order valence-electron chi connectivity index (χ1n) is 10.6. The van der Waals surface area contributed by atoms with Crippen molar-refractivity contribution < 1.29 is 23.9 Å². The Balaban J connectivity index is 1.45. The van der Waals surface area contributed by atoms with Crippen LogP contribution < -0.4 is 0 Å². The van der Waals surface area contributed by atoms with Crippen molar-refractivity contribution >= 4 is 11.7 Å². The van der Waals surface area contributed by atoms with Gasteiger partial charge in [0.25, 0.3) is 5.91 Å². The molecule has 0 aromatic heterocycles. The molecule has 156 valence electrons. The van der Waals surface area contributed by atoms with Crippen LogP contribution in [0.15, 0.2) is 34.4 Å². The van der Waals surface area contributed by atoms with E-state index in [9.17, 15) is 9.59 Å². The Labute approximate surface area is 171 Å². The van der Waals surface area contributed by atoms with E-state index in [2.05, 4.69) is 19.1 Å². The summed E-state index contributed by atoms with van der Waals surface area (Å²) in [5.74, 6) is -0.213. The largest absolute Gasteiger partial charge is 0.341 e. The molecule has 5 aliphatic rings. The first kappa shape index (κ1) is 19.2.